The Labute approximate surface area is 66.4 Å². The number of aromatic nitrogens is 2. The van der Waals surface area contributed by atoms with Gasteiger partial charge in [-0.15, -0.1) is 0 Å². The molecule has 1 aromatic heterocycles. The molecule has 1 saturated carbocycles. The predicted octanol–water partition coefficient (Wildman–Crippen LogP) is 0.629. The van der Waals surface area contributed by atoms with Gasteiger partial charge >= 0.3 is 0 Å². The summed E-state index contributed by atoms with van der Waals surface area (Å²) in [5, 5.41) is 7.48. The predicted molar refractivity (Wildman–Crippen MR) is 43.2 cm³/mol. The fraction of sp³-hybridized carbons (Fsp3) is 0.625. The van der Waals surface area contributed by atoms with Crippen LogP contribution in [0.15, 0.2) is 12.3 Å². The van der Waals surface area contributed by atoms with Crippen LogP contribution in [-0.4, -0.2) is 16.8 Å². The highest BCUT2D eigenvalue weighted by molar-refractivity contribution is 5.22. The van der Waals surface area contributed by atoms with Crippen molar-refractivity contribution < 1.29 is 0 Å². The molecular formula is C8H13N3. The standard InChI is InChI=1S/C8H13N3/c1-9-8(4-5-8)7-3-6-10-11(7)2/h3,6,9H,4-5H2,1-2H3. The van der Waals surface area contributed by atoms with Crippen LogP contribution in [-0.2, 0) is 12.6 Å². The van der Waals surface area contributed by atoms with Gasteiger partial charge in [-0.25, -0.2) is 0 Å². The quantitative estimate of drug-likeness (QED) is 0.671. The zero-order valence-electron chi connectivity index (χ0n) is 6.96. The summed E-state index contributed by atoms with van der Waals surface area (Å²) in [6.07, 6.45) is 4.33. The Kier molecular flexibility index (Phi) is 1.29. The van der Waals surface area contributed by atoms with Gasteiger partial charge in [-0.3, -0.25) is 4.68 Å². The molecule has 0 radical (unpaired) electrons. The van der Waals surface area contributed by atoms with Crippen LogP contribution in [0.2, 0.25) is 0 Å². The molecule has 11 heavy (non-hydrogen) atoms. The fourth-order valence-corrected chi connectivity index (χ4v) is 1.60. The number of hydrogen-bond donors (Lipinski definition) is 1. The van der Waals surface area contributed by atoms with Crippen molar-refractivity contribution >= 4 is 0 Å². The highest BCUT2D eigenvalue weighted by Crippen LogP contribution is 2.44. The molecule has 3 nitrogen and oxygen atoms in total. The van der Waals surface area contributed by atoms with Gasteiger partial charge in [0.2, 0.25) is 0 Å². The third-order valence-corrected chi connectivity index (χ3v) is 2.54. The van der Waals surface area contributed by atoms with Gasteiger partial charge in [0.1, 0.15) is 0 Å². The number of nitrogens with zero attached hydrogens (tertiary/aromatic N) is 2. The summed E-state index contributed by atoms with van der Waals surface area (Å²) in [7, 11) is 4.01. The third-order valence-electron chi connectivity index (χ3n) is 2.54. The van der Waals surface area contributed by atoms with Crippen LogP contribution in [0.4, 0.5) is 0 Å². The van der Waals surface area contributed by atoms with Gasteiger partial charge in [-0.1, -0.05) is 0 Å². The molecule has 3 heteroatoms. The molecular weight excluding hydrogens is 138 g/mol. The molecule has 0 amide bonds. The Hall–Kier alpha value is -0.830. The van der Waals surface area contributed by atoms with E-state index in [0.29, 0.717) is 0 Å². The second kappa shape index (κ2) is 2.08. The van der Waals surface area contributed by atoms with Crippen molar-refractivity contribution in [3.05, 3.63) is 18.0 Å². The summed E-state index contributed by atoms with van der Waals surface area (Å²) in [6.45, 7) is 0. The van der Waals surface area contributed by atoms with Crippen LogP contribution in [0.5, 0.6) is 0 Å². The zero-order valence-corrected chi connectivity index (χ0v) is 6.96. The third kappa shape index (κ3) is 0.878. The van der Waals surface area contributed by atoms with Crippen molar-refractivity contribution in [3.8, 4) is 0 Å². The molecule has 60 valence electrons. The van der Waals surface area contributed by atoms with Crippen LogP contribution in [0, 0.1) is 0 Å². The summed E-state index contributed by atoms with van der Waals surface area (Å²) in [6, 6.07) is 2.09. The fourth-order valence-electron chi connectivity index (χ4n) is 1.60. The van der Waals surface area contributed by atoms with Gasteiger partial charge in [0, 0.05) is 13.2 Å². The molecule has 1 N–H and O–H groups in total. The molecule has 1 aromatic rings. The first-order chi connectivity index (χ1) is 5.28. The molecule has 2 rings (SSSR count). The maximum Gasteiger partial charge on any atom is 0.0604 e. The molecule has 0 bridgehead atoms. The lowest BCUT2D eigenvalue weighted by Crippen LogP contribution is -2.27. The van der Waals surface area contributed by atoms with Gasteiger partial charge in [0.15, 0.2) is 0 Å². The van der Waals surface area contributed by atoms with Gasteiger partial charge in [-0.2, -0.15) is 5.10 Å². The Bertz CT molecular complexity index is 260. The average molecular weight is 151 g/mol. The van der Waals surface area contributed by atoms with Crippen LogP contribution >= 0.6 is 0 Å². The highest BCUT2D eigenvalue weighted by atomic mass is 15.3. The van der Waals surface area contributed by atoms with E-state index < -0.39 is 0 Å². The van der Waals surface area contributed by atoms with Crippen LogP contribution in [0.1, 0.15) is 18.5 Å². The van der Waals surface area contributed by atoms with Crippen LogP contribution < -0.4 is 5.32 Å². The maximum atomic E-state index is 4.15. The molecule has 1 fully saturated rings. The first kappa shape index (κ1) is 6.85. The number of rotatable bonds is 2. The highest BCUT2D eigenvalue weighted by Gasteiger charge is 2.44. The molecule has 0 aliphatic heterocycles. The minimum Gasteiger partial charge on any atom is -0.309 e. The minimum atomic E-state index is 0.255. The monoisotopic (exact) mass is 151 g/mol. The number of hydrogen-bond acceptors (Lipinski definition) is 2. The summed E-state index contributed by atoms with van der Waals surface area (Å²) in [4.78, 5) is 0. The van der Waals surface area contributed by atoms with E-state index in [0.717, 1.165) is 0 Å². The summed E-state index contributed by atoms with van der Waals surface area (Å²) < 4.78 is 1.95. The van der Waals surface area contributed by atoms with Gasteiger partial charge in [-0.05, 0) is 26.0 Å². The average Bonchev–Trinajstić information content (AvgIpc) is 2.70. The van der Waals surface area contributed by atoms with Crippen molar-refractivity contribution in [3.63, 3.8) is 0 Å². The van der Waals surface area contributed by atoms with Crippen LogP contribution in [0.25, 0.3) is 0 Å². The Balaban J connectivity index is 2.35. The van der Waals surface area contributed by atoms with Crippen molar-refractivity contribution in [2.75, 3.05) is 7.05 Å². The molecule has 1 aliphatic carbocycles. The lowest BCUT2D eigenvalue weighted by molar-refractivity contribution is 0.527. The topological polar surface area (TPSA) is 29.9 Å². The SMILES string of the molecule is CNC1(c2ccnn2C)CC1. The molecule has 0 aromatic carbocycles. The number of nitrogens with one attached hydrogen (secondary N) is 1. The van der Waals surface area contributed by atoms with Crippen LogP contribution in [0.3, 0.4) is 0 Å². The lowest BCUT2D eigenvalue weighted by atomic mass is 10.2. The lowest BCUT2D eigenvalue weighted by Gasteiger charge is -2.13. The minimum absolute atomic E-state index is 0.255. The van der Waals surface area contributed by atoms with Crippen molar-refractivity contribution in [2.45, 2.75) is 18.4 Å². The van der Waals surface area contributed by atoms with E-state index >= 15 is 0 Å². The smallest absolute Gasteiger partial charge is 0.0604 e. The van der Waals surface area contributed by atoms with E-state index in [1.165, 1.54) is 18.5 Å². The van der Waals surface area contributed by atoms with Gasteiger partial charge < -0.3 is 5.32 Å². The second-order valence-corrected chi connectivity index (χ2v) is 3.17. The van der Waals surface area contributed by atoms with E-state index in [9.17, 15) is 0 Å². The molecule has 1 aliphatic rings. The second-order valence-electron chi connectivity index (χ2n) is 3.17. The zero-order chi connectivity index (χ0) is 7.90. The van der Waals surface area contributed by atoms with Crippen molar-refractivity contribution in [2.24, 2.45) is 7.05 Å². The molecule has 0 atom stereocenters. The van der Waals surface area contributed by atoms with E-state index in [2.05, 4.69) is 16.5 Å². The van der Waals surface area contributed by atoms with Crippen molar-refractivity contribution in [1.29, 1.82) is 0 Å². The van der Waals surface area contributed by atoms with Gasteiger partial charge in [0.05, 0.1) is 11.2 Å². The van der Waals surface area contributed by atoms with Crippen molar-refractivity contribution in [1.82, 2.24) is 15.1 Å². The van der Waals surface area contributed by atoms with E-state index in [1.807, 2.05) is 25.0 Å². The normalized spacial score (nSPS) is 20.2. The Morgan fingerprint density at radius 1 is 1.64 bits per heavy atom. The largest absolute Gasteiger partial charge is 0.309 e. The molecule has 0 saturated heterocycles. The molecule has 0 spiro atoms. The molecule has 0 unspecified atom stereocenters. The summed E-state index contributed by atoms with van der Waals surface area (Å²) in [5.74, 6) is 0. The first-order valence-electron chi connectivity index (χ1n) is 3.96. The summed E-state index contributed by atoms with van der Waals surface area (Å²) >= 11 is 0. The van der Waals surface area contributed by atoms with E-state index in [-0.39, 0.29) is 5.54 Å². The Morgan fingerprint density at radius 2 is 2.36 bits per heavy atom. The van der Waals surface area contributed by atoms with Gasteiger partial charge in [0.25, 0.3) is 0 Å². The van der Waals surface area contributed by atoms with E-state index in [4.69, 9.17) is 0 Å². The van der Waals surface area contributed by atoms with E-state index in [1.54, 1.807) is 0 Å². The molecule has 1 heterocycles. The Morgan fingerprint density at radius 3 is 2.73 bits per heavy atom. The number of aryl methyl sites for hydroxylation is 1. The maximum absolute atomic E-state index is 4.15. The first-order valence-corrected chi connectivity index (χ1v) is 3.96. The summed E-state index contributed by atoms with van der Waals surface area (Å²) in [5.41, 5.74) is 1.56.